The van der Waals surface area contributed by atoms with Gasteiger partial charge in [-0.2, -0.15) is 0 Å². The van der Waals surface area contributed by atoms with Crippen molar-refractivity contribution in [1.82, 2.24) is 4.98 Å². The standard InChI is InChI=1S/C7H7N5/c8-5-11-12-7(9)6-2-1-3-10-4-6/h1-5,8-9H. The maximum atomic E-state index is 7.33. The fourth-order valence-corrected chi connectivity index (χ4v) is 0.647. The zero-order chi connectivity index (χ0) is 8.81. The van der Waals surface area contributed by atoms with Gasteiger partial charge in [-0.15, -0.1) is 10.2 Å². The maximum Gasteiger partial charge on any atom is 0.175 e. The van der Waals surface area contributed by atoms with Gasteiger partial charge < -0.3 is 0 Å². The van der Waals surface area contributed by atoms with E-state index in [0.717, 1.165) is 6.34 Å². The van der Waals surface area contributed by atoms with Crippen LogP contribution in [0.2, 0.25) is 0 Å². The maximum absolute atomic E-state index is 7.33. The topological polar surface area (TPSA) is 85.3 Å². The van der Waals surface area contributed by atoms with Gasteiger partial charge in [-0.3, -0.25) is 15.8 Å². The fraction of sp³-hybridized carbons (Fsp3) is 0. The van der Waals surface area contributed by atoms with Crippen LogP contribution in [0.3, 0.4) is 0 Å². The lowest BCUT2D eigenvalue weighted by molar-refractivity contribution is 1.25. The van der Waals surface area contributed by atoms with E-state index in [1.54, 1.807) is 18.3 Å². The average molecular weight is 161 g/mol. The summed E-state index contributed by atoms with van der Waals surface area (Å²) in [7, 11) is 0. The summed E-state index contributed by atoms with van der Waals surface area (Å²) >= 11 is 0. The lowest BCUT2D eigenvalue weighted by Crippen LogP contribution is -1.93. The molecule has 1 rings (SSSR count). The molecule has 0 unspecified atom stereocenters. The largest absolute Gasteiger partial charge is 0.288 e. The number of amidine groups is 1. The zero-order valence-corrected chi connectivity index (χ0v) is 6.23. The van der Waals surface area contributed by atoms with Crippen molar-refractivity contribution >= 4 is 12.2 Å². The van der Waals surface area contributed by atoms with E-state index in [0.29, 0.717) is 5.56 Å². The third-order valence-electron chi connectivity index (χ3n) is 1.15. The fourth-order valence-electron chi connectivity index (χ4n) is 0.647. The van der Waals surface area contributed by atoms with Crippen LogP contribution < -0.4 is 0 Å². The van der Waals surface area contributed by atoms with Crippen molar-refractivity contribution in [3.8, 4) is 0 Å². The third-order valence-corrected chi connectivity index (χ3v) is 1.15. The van der Waals surface area contributed by atoms with Crippen LogP contribution in [-0.2, 0) is 0 Å². The normalized spacial score (nSPS) is 10.0. The van der Waals surface area contributed by atoms with Crippen LogP contribution >= 0.6 is 0 Å². The molecule has 0 fully saturated rings. The summed E-state index contributed by atoms with van der Waals surface area (Å²) < 4.78 is 0. The van der Waals surface area contributed by atoms with Crippen molar-refractivity contribution in [3.05, 3.63) is 30.1 Å². The minimum atomic E-state index is 0.00611. The number of nitrogens with one attached hydrogen (secondary N) is 2. The van der Waals surface area contributed by atoms with Crippen molar-refractivity contribution in [2.45, 2.75) is 0 Å². The van der Waals surface area contributed by atoms with Crippen molar-refractivity contribution < 1.29 is 0 Å². The van der Waals surface area contributed by atoms with Gasteiger partial charge in [-0.1, -0.05) is 0 Å². The molecule has 0 aliphatic rings. The molecule has 5 heteroatoms. The Kier molecular flexibility index (Phi) is 2.78. The molecule has 0 saturated heterocycles. The van der Waals surface area contributed by atoms with E-state index < -0.39 is 0 Å². The van der Waals surface area contributed by atoms with Gasteiger partial charge in [-0.25, -0.2) is 0 Å². The Hall–Kier alpha value is -1.91. The summed E-state index contributed by atoms with van der Waals surface area (Å²) in [6, 6.07) is 3.42. The first kappa shape index (κ1) is 8.19. The molecule has 0 saturated carbocycles. The first-order chi connectivity index (χ1) is 5.84. The molecule has 60 valence electrons. The van der Waals surface area contributed by atoms with Crippen LogP contribution in [0.5, 0.6) is 0 Å². The molecule has 0 aliphatic heterocycles. The van der Waals surface area contributed by atoms with Gasteiger partial charge in [0.25, 0.3) is 0 Å². The number of nitrogens with zero attached hydrogens (tertiary/aromatic N) is 3. The summed E-state index contributed by atoms with van der Waals surface area (Å²) in [6.45, 7) is 0. The molecule has 0 atom stereocenters. The number of hydrogen-bond acceptors (Lipinski definition) is 3. The molecular formula is C7H7N5. The highest BCUT2D eigenvalue weighted by Crippen LogP contribution is 1.97. The Bertz CT molecular complexity index is 303. The summed E-state index contributed by atoms with van der Waals surface area (Å²) in [6.07, 6.45) is 3.92. The molecule has 0 amide bonds. The molecule has 0 aromatic carbocycles. The Balaban J connectivity index is 2.79. The lowest BCUT2D eigenvalue weighted by Gasteiger charge is -1.92. The predicted molar refractivity (Wildman–Crippen MR) is 44.7 cm³/mol. The lowest BCUT2D eigenvalue weighted by atomic mass is 10.3. The van der Waals surface area contributed by atoms with E-state index in [4.69, 9.17) is 10.8 Å². The smallest absolute Gasteiger partial charge is 0.175 e. The SMILES string of the molecule is N=CN=NC(=N)c1cccnc1. The highest BCUT2D eigenvalue weighted by Gasteiger charge is 1.96. The van der Waals surface area contributed by atoms with Gasteiger partial charge in [0.2, 0.25) is 0 Å². The molecule has 2 N–H and O–H groups in total. The number of rotatable bonds is 2. The summed E-state index contributed by atoms with van der Waals surface area (Å²) in [4.78, 5) is 3.81. The Morgan fingerprint density at radius 1 is 1.58 bits per heavy atom. The van der Waals surface area contributed by atoms with E-state index in [-0.39, 0.29) is 5.84 Å². The van der Waals surface area contributed by atoms with Gasteiger partial charge in [0.1, 0.15) is 6.34 Å². The van der Waals surface area contributed by atoms with Gasteiger partial charge in [-0.05, 0) is 12.1 Å². The van der Waals surface area contributed by atoms with Crippen LogP contribution in [0, 0.1) is 10.8 Å². The van der Waals surface area contributed by atoms with Crippen LogP contribution in [0.15, 0.2) is 34.8 Å². The predicted octanol–water partition coefficient (Wildman–Crippen LogP) is 1.47. The van der Waals surface area contributed by atoms with Crippen LogP contribution in [0.1, 0.15) is 5.56 Å². The van der Waals surface area contributed by atoms with Gasteiger partial charge >= 0.3 is 0 Å². The Labute approximate surface area is 69.2 Å². The molecule has 12 heavy (non-hydrogen) atoms. The number of aromatic nitrogens is 1. The second-order valence-corrected chi connectivity index (χ2v) is 1.93. The highest BCUT2D eigenvalue weighted by atomic mass is 15.1. The first-order valence-corrected chi connectivity index (χ1v) is 3.23. The summed E-state index contributed by atoms with van der Waals surface area (Å²) in [5.41, 5.74) is 0.586. The number of azo groups is 1. The number of pyridine rings is 1. The summed E-state index contributed by atoms with van der Waals surface area (Å²) in [5, 5.41) is 20.6. The van der Waals surface area contributed by atoms with Gasteiger partial charge in [0.15, 0.2) is 5.84 Å². The van der Waals surface area contributed by atoms with E-state index in [9.17, 15) is 0 Å². The van der Waals surface area contributed by atoms with E-state index >= 15 is 0 Å². The molecule has 0 aliphatic carbocycles. The monoisotopic (exact) mass is 161 g/mol. The minimum Gasteiger partial charge on any atom is -0.288 e. The molecule has 1 heterocycles. The third kappa shape index (κ3) is 2.05. The molecular weight excluding hydrogens is 154 g/mol. The Morgan fingerprint density at radius 2 is 2.42 bits per heavy atom. The van der Waals surface area contributed by atoms with Crippen LogP contribution in [-0.4, -0.2) is 17.2 Å². The second kappa shape index (κ2) is 4.07. The van der Waals surface area contributed by atoms with E-state index in [2.05, 4.69) is 15.2 Å². The first-order valence-electron chi connectivity index (χ1n) is 3.23. The molecule has 5 nitrogen and oxygen atoms in total. The average Bonchev–Trinajstić information content (AvgIpc) is 2.15. The van der Waals surface area contributed by atoms with Crippen molar-refractivity contribution in [2.24, 2.45) is 10.2 Å². The van der Waals surface area contributed by atoms with Crippen LogP contribution in [0.25, 0.3) is 0 Å². The summed E-state index contributed by atoms with van der Waals surface area (Å²) in [5.74, 6) is 0.00611. The molecule has 0 spiro atoms. The second-order valence-electron chi connectivity index (χ2n) is 1.93. The zero-order valence-electron chi connectivity index (χ0n) is 6.23. The van der Waals surface area contributed by atoms with Gasteiger partial charge in [0, 0.05) is 18.0 Å². The molecule has 0 bridgehead atoms. The van der Waals surface area contributed by atoms with E-state index in [1.165, 1.54) is 6.20 Å². The number of hydrogen-bond donors (Lipinski definition) is 2. The van der Waals surface area contributed by atoms with E-state index in [1.807, 2.05) is 0 Å². The molecule has 1 aromatic heterocycles. The quantitative estimate of drug-likeness (QED) is 0.384. The molecule has 0 radical (unpaired) electrons. The van der Waals surface area contributed by atoms with Crippen LogP contribution in [0.4, 0.5) is 0 Å². The van der Waals surface area contributed by atoms with Gasteiger partial charge in [0.05, 0.1) is 0 Å². The molecule has 1 aromatic rings. The van der Waals surface area contributed by atoms with Crippen molar-refractivity contribution in [3.63, 3.8) is 0 Å². The Morgan fingerprint density at radius 3 is 3.00 bits per heavy atom. The highest BCUT2D eigenvalue weighted by molar-refractivity contribution is 5.96. The minimum absolute atomic E-state index is 0.00611. The van der Waals surface area contributed by atoms with Crippen molar-refractivity contribution in [2.75, 3.05) is 0 Å². The van der Waals surface area contributed by atoms with Crippen molar-refractivity contribution in [1.29, 1.82) is 10.8 Å².